The summed E-state index contributed by atoms with van der Waals surface area (Å²) in [4.78, 5) is 0. The molecule has 0 aromatic heterocycles. The third kappa shape index (κ3) is 135. The van der Waals surface area contributed by atoms with E-state index in [2.05, 4.69) is 0 Å². The van der Waals surface area contributed by atoms with Gasteiger partial charge in [0.2, 0.25) is 0 Å². The van der Waals surface area contributed by atoms with Crippen LogP contribution in [-0.2, 0) is 43.4 Å². The Hall–Kier alpha value is 0.759. The van der Waals surface area contributed by atoms with Crippen LogP contribution < -0.4 is 22.9 Å². The number of nitrogens with zero attached hydrogens (tertiary/aromatic N) is 1. The average molecular weight is 538 g/mol. The summed E-state index contributed by atoms with van der Waals surface area (Å²) in [5.41, 5.74) is 19.6. The minimum atomic E-state index is 0. The van der Waals surface area contributed by atoms with Gasteiger partial charge in [0.15, 0.2) is 0 Å². The van der Waals surface area contributed by atoms with Crippen molar-refractivity contribution in [2.45, 2.75) is 0 Å². The molecule has 0 fully saturated rings. The Morgan fingerprint density at radius 2 is 0.833 bits per heavy atom. The fraction of sp³-hybridized carbons (Fsp3) is 0.800. The van der Waals surface area contributed by atoms with Crippen LogP contribution in [0.2, 0.25) is 0 Å². The van der Waals surface area contributed by atoms with E-state index in [4.69, 9.17) is 34.8 Å². The van der Waals surface area contributed by atoms with Gasteiger partial charge in [-0.05, 0) is 0 Å². The van der Waals surface area contributed by atoms with Crippen molar-refractivity contribution in [1.82, 2.24) is 0 Å². The first-order valence-corrected chi connectivity index (χ1v) is 2.86. The van der Waals surface area contributed by atoms with Gasteiger partial charge in [0.05, 0.1) is 0 Å². The number of hydrogen-bond acceptors (Lipinski definition) is 5. The second kappa shape index (κ2) is 60.1. The smallest absolute Gasteiger partial charge is 0.512 e. The quantitative estimate of drug-likeness (QED) is 0.237. The molecule has 0 amide bonds. The van der Waals surface area contributed by atoms with Crippen LogP contribution in [-0.4, -0.2) is 26.2 Å². The fourth-order valence-electron chi connectivity index (χ4n) is 0. The van der Waals surface area contributed by atoms with Crippen LogP contribution >= 0.6 is 0 Å². The topological polar surface area (TPSA) is 128 Å². The molecule has 0 saturated carbocycles. The Balaban J connectivity index is -0.0000000198. The maximum Gasteiger partial charge on any atom is 2.00 e. The van der Waals surface area contributed by atoms with Gasteiger partial charge in [0.25, 0.3) is 0 Å². The van der Waals surface area contributed by atoms with Gasteiger partial charge < -0.3 is 34.8 Å². The maximum absolute atomic E-state index is 6.25. The molecule has 0 radical (unpaired) electrons. The molecule has 0 unspecified atom stereocenters. The monoisotopic (exact) mass is 538 g/mol. The number of rotatable bonds is 2. The van der Waals surface area contributed by atoms with E-state index in [-0.39, 0.29) is 43.4 Å². The minimum Gasteiger partial charge on any atom is -0.512 e. The molecule has 7 heteroatoms. The van der Waals surface area contributed by atoms with E-state index in [1.165, 1.54) is 0 Å². The van der Waals surface area contributed by atoms with Gasteiger partial charge in [-0.15, -0.1) is 0 Å². The van der Waals surface area contributed by atoms with Crippen LogP contribution in [0, 0.1) is 11.8 Å². The van der Waals surface area contributed by atoms with Crippen molar-refractivity contribution in [3.63, 3.8) is 0 Å². The van der Waals surface area contributed by atoms with Crippen molar-refractivity contribution in [2.75, 3.05) is 26.2 Å². The predicted molar refractivity (Wildman–Crippen MR) is 41.2 cm³/mol. The van der Waals surface area contributed by atoms with Crippen molar-refractivity contribution in [1.29, 1.82) is 5.26 Å². The SMILES string of the molecule is NCCN.NCCN.[Au+].[C-]#N.[Pt+2]. The van der Waals surface area contributed by atoms with Crippen molar-refractivity contribution in [3.05, 3.63) is 6.57 Å². The molecule has 8 N–H and O–H groups in total. The van der Waals surface area contributed by atoms with E-state index in [1.54, 1.807) is 0 Å². The molecule has 0 rings (SSSR count). The van der Waals surface area contributed by atoms with Gasteiger partial charge in [-0.3, -0.25) is 0 Å². The van der Waals surface area contributed by atoms with E-state index >= 15 is 0 Å². The standard InChI is InChI=1S/2C2H8N2.CN.Au.Pt/c2*3-1-2-4;1-2;;/h2*1-4H2;;;/q;;-1;+1;+2. The molecule has 0 spiro atoms. The molecule has 0 atom stereocenters. The summed E-state index contributed by atoms with van der Waals surface area (Å²) in [6.45, 7) is 7.14. The third-order valence-corrected chi connectivity index (χ3v) is 0.333. The zero-order chi connectivity index (χ0) is 8.83. The van der Waals surface area contributed by atoms with E-state index in [0.29, 0.717) is 26.2 Å². The van der Waals surface area contributed by atoms with Crippen molar-refractivity contribution in [3.8, 4) is 0 Å². The Morgan fingerprint density at radius 1 is 0.750 bits per heavy atom. The van der Waals surface area contributed by atoms with Crippen LogP contribution in [0.4, 0.5) is 0 Å². The van der Waals surface area contributed by atoms with E-state index in [0.717, 1.165) is 0 Å². The first kappa shape index (κ1) is 29.3. The summed E-state index contributed by atoms with van der Waals surface area (Å²) in [6.07, 6.45) is 0. The van der Waals surface area contributed by atoms with Crippen LogP contribution in [0.1, 0.15) is 0 Å². The summed E-state index contributed by atoms with van der Waals surface area (Å²) in [5, 5.41) is 6.25. The maximum atomic E-state index is 6.25. The normalized spacial score (nSPS) is 5.17. The second-order valence-electron chi connectivity index (χ2n) is 1.15. The molecular formula is C5H16AuN5Pt+2. The molecule has 0 bridgehead atoms. The Kier molecular flexibility index (Phi) is 147. The molecule has 5 nitrogen and oxygen atoms in total. The molecule has 0 aliphatic carbocycles. The molecule has 0 aromatic carbocycles. The second-order valence-corrected chi connectivity index (χ2v) is 1.15. The van der Waals surface area contributed by atoms with Crippen LogP contribution in [0.25, 0.3) is 0 Å². The van der Waals surface area contributed by atoms with Crippen LogP contribution in [0.15, 0.2) is 0 Å². The summed E-state index contributed by atoms with van der Waals surface area (Å²) >= 11 is 0. The summed E-state index contributed by atoms with van der Waals surface area (Å²) < 4.78 is 0. The van der Waals surface area contributed by atoms with Crippen molar-refractivity contribution < 1.29 is 43.4 Å². The van der Waals surface area contributed by atoms with Crippen LogP contribution in [0.3, 0.4) is 0 Å². The zero-order valence-electron chi connectivity index (χ0n) is 6.70. The van der Waals surface area contributed by atoms with Crippen molar-refractivity contribution >= 4 is 0 Å². The van der Waals surface area contributed by atoms with Gasteiger partial charge in [-0.25, -0.2) is 0 Å². The first-order chi connectivity index (χ1) is 4.83. The molecule has 0 aliphatic rings. The largest absolute Gasteiger partial charge is 2.00 e. The predicted octanol–water partition coefficient (Wildman–Crippen LogP) is -2.10. The molecule has 80 valence electrons. The van der Waals surface area contributed by atoms with E-state index < -0.39 is 0 Å². The molecule has 0 heterocycles. The third-order valence-electron chi connectivity index (χ3n) is 0.333. The number of hydrogen-bond donors (Lipinski definition) is 4. The molecular weight excluding hydrogens is 522 g/mol. The molecule has 0 aliphatic heterocycles. The molecule has 0 aromatic rings. The zero-order valence-corrected chi connectivity index (χ0v) is 11.1. The van der Waals surface area contributed by atoms with Crippen LogP contribution in [0.5, 0.6) is 0 Å². The summed E-state index contributed by atoms with van der Waals surface area (Å²) in [5.74, 6) is 0. The fourth-order valence-corrected chi connectivity index (χ4v) is 0. The molecule has 0 saturated heterocycles. The molecule has 12 heavy (non-hydrogen) atoms. The first-order valence-electron chi connectivity index (χ1n) is 2.86. The van der Waals surface area contributed by atoms with Gasteiger partial charge in [0, 0.05) is 26.2 Å². The minimum absolute atomic E-state index is 0. The average Bonchev–Trinajstić information content (AvgIpc) is 2.08. The number of nitrogens with two attached hydrogens (primary N) is 4. The van der Waals surface area contributed by atoms with Crippen molar-refractivity contribution in [2.24, 2.45) is 22.9 Å². The Morgan fingerprint density at radius 3 is 0.833 bits per heavy atom. The van der Waals surface area contributed by atoms with E-state index in [1.807, 2.05) is 0 Å². The van der Waals surface area contributed by atoms with Gasteiger partial charge in [-0.2, -0.15) is 0 Å². The Bertz CT molecular complexity index is 46.3. The van der Waals surface area contributed by atoms with Gasteiger partial charge >= 0.3 is 43.4 Å². The summed E-state index contributed by atoms with van der Waals surface area (Å²) in [7, 11) is 0. The van der Waals surface area contributed by atoms with Gasteiger partial charge in [-0.1, -0.05) is 0 Å². The summed E-state index contributed by atoms with van der Waals surface area (Å²) in [6, 6.07) is 0. The Labute approximate surface area is 104 Å². The van der Waals surface area contributed by atoms with Gasteiger partial charge in [0.1, 0.15) is 0 Å². The van der Waals surface area contributed by atoms with E-state index in [9.17, 15) is 0 Å².